The third-order valence-electron chi connectivity index (χ3n) is 3.15. The van der Waals surface area contributed by atoms with Gasteiger partial charge in [0.15, 0.2) is 0 Å². The maximum atomic E-state index is 13.8. The summed E-state index contributed by atoms with van der Waals surface area (Å²) in [6.45, 7) is 3.86. The van der Waals surface area contributed by atoms with Gasteiger partial charge in [-0.15, -0.1) is 0 Å². The van der Waals surface area contributed by atoms with Crippen LogP contribution in [0.4, 0.5) is 10.1 Å². The van der Waals surface area contributed by atoms with Crippen molar-refractivity contribution in [3.63, 3.8) is 0 Å². The largest absolute Gasteiger partial charge is 0.508 e. The Hall–Kier alpha value is -2.36. The number of amides is 1. The number of hydrogen-bond donors (Lipinski definition) is 1. The topological polar surface area (TPSA) is 40.5 Å². The molecule has 20 heavy (non-hydrogen) atoms. The molecule has 2 rings (SSSR count). The zero-order valence-electron chi connectivity index (χ0n) is 11.4. The highest BCUT2D eigenvalue weighted by Crippen LogP contribution is 2.23. The smallest absolute Gasteiger partial charge is 0.258 e. The first-order valence-corrected chi connectivity index (χ1v) is 6.40. The highest BCUT2D eigenvalue weighted by Gasteiger charge is 2.19. The van der Waals surface area contributed by atoms with Crippen molar-refractivity contribution in [2.75, 3.05) is 11.4 Å². The number of benzene rings is 2. The summed E-state index contributed by atoms with van der Waals surface area (Å²) in [5.41, 5.74) is 1.29. The van der Waals surface area contributed by atoms with E-state index in [1.54, 1.807) is 38.1 Å². The van der Waals surface area contributed by atoms with E-state index in [0.29, 0.717) is 17.7 Å². The monoisotopic (exact) mass is 273 g/mol. The van der Waals surface area contributed by atoms with Crippen LogP contribution in [0.2, 0.25) is 0 Å². The summed E-state index contributed by atoms with van der Waals surface area (Å²) in [7, 11) is 0. The SMILES string of the molecule is CCN(C(=O)c1ccc(O)c(C)c1)c1ccccc1F. The standard InChI is InChI=1S/C16H16FNO2/c1-3-18(14-7-5-4-6-13(14)17)16(20)12-8-9-15(19)11(2)10-12/h4-10,19H,3H2,1-2H3. The van der Waals surface area contributed by atoms with Gasteiger partial charge < -0.3 is 10.0 Å². The van der Waals surface area contributed by atoms with Gasteiger partial charge in [0.2, 0.25) is 0 Å². The van der Waals surface area contributed by atoms with Crippen molar-refractivity contribution in [1.82, 2.24) is 0 Å². The van der Waals surface area contributed by atoms with Crippen LogP contribution in [0.5, 0.6) is 5.75 Å². The number of hydrogen-bond acceptors (Lipinski definition) is 2. The van der Waals surface area contributed by atoms with Gasteiger partial charge in [-0.05, 0) is 49.7 Å². The van der Waals surface area contributed by atoms with Gasteiger partial charge in [-0.25, -0.2) is 4.39 Å². The number of carbonyl (C=O) groups is 1. The minimum atomic E-state index is -0.432. The molecular formula is C16H16FNO2. The number of para-hydroxylation sites is 1. The van der Waals surface area contributed by atoms with Crippen LogP contribution in [0.15, 0.2) is 42.5 Å². The van der Waals surface area contributed by atoms with Crippen molar-refractivity contribution in [2.24, 2.45) is 0 Å². The second-order valence-corrected chi connectivity index (χ2v) is 4.50. The van der Waals surface area contributed by atoms with Gasteiger partial charge in [-0.1, -0.05) is 12.1 Å². The average molecular weight is 273 g/mol. The van der Waals surface area contributed by atoms with Crippen molar-refractivity contribution in [3.05, 3.63) is 59.4 Å². The van der Waals surface area contributed by atoms with Crippen molar-refractivity contribution >= 4 is 11.6 Å². The van der Waals surface area contributed by atoms with Crippen LogP contribution in [0.25, 0.3) is 0 Å². The summed E-state index contributed by atoms with van der Waals surface area (Å²) in [4.78, 5) is 13.8. The van der Waals surface area contributed by atoms with E-state index >= 15 is 0 Å². The molecule has 2 aromatic carbocycles. The molecule has 0 aliphatic heterocycles. The van der Waals surface area contributed by atoms with Gasteiger partial charge in [0, 0.05) is 12.1 Å². The zero-order valence-corrected chi connectivity index (χ0v) is 11.4. The summed E-state index contributed by atoms with van der Waals surface area (Å²) in [5.74, 6) is -0.589. The Morgan fingerprint density at radius 2 is 1.95 bits per heavy atom. The minimum Gasteiger partial charge on any atom is -0.508 e. The van der Waals surface area contributed by atoms with Gasteiger partial charge in [0.1, 0.15) is 11.6 Å². The van der Waals surface area contributed by atoms with Crippen LogP contribution in [0.3, 0.4) is 0 Å². The number of aromatic hydroxyl groups is 1. The summed E-state index contributed by atoms with van der Waals surface area (Å²) in [6.07, 6.45) is 0. The predicted molar refractivity (Wildman–Crippen MR) is 76.6 cm³/mol. The molecule has 0 radical (unpaired) electrons. The number of anilines is 1. The lowest BCUT2D eigenvalue weighted by atomic mass is 10.1. The summed E-state index contributed by atoms with van der Waals surface area (Å²) >= 11 is 0. The Labute approximate surface area is 117 Å². The molecule has 104 valence electrons. The molecule has 0 unspecified atom stereocenters. The number of aryl methyl sites for hydroxylation is 1. The van der Waals surface area contributed by atoms with E-state index in [1.807, 2.05) is 0 Å². The maximum absolute atomic E-state index is 13.8. The Morgan fingerprint density at radius 3 is 2.55 bits per heavy atom. The predicted octanol–water partition coefficient (Wildman–Crippen LogP) is 3.51. The molecule has 3 nitrogen and oxygen atoms in total. The van der Waals surface area contributed by atoms with Gasteiger partial charge in [0.05, 0.1) is 5.69 Å². The Morgan fingerprint density at radius 1 is 1.25 bits per heavy atom. The fourth-order valence-electron chi connectivity index (χ4n) is 2.04. The van der Waals surface area contributed by atoms with Crippen LogP contribution in [-0.4, -0.2) is 17.6 Å². The van der Waals surface area contributed by atoms with Crippen molar-refractivity contribution in [1.29, 1.82) is 0 Å². The van der Waals surface area contributed by atoms with E-state index in [1.165, 1.54) is 23.1 Å². The van der Waals surface area contributed by atoms with E-state index in [0.717, 1.165) is 0 Å². The second-order valence-electron chi connectivity index (χ2n) is 4.50. The molecule has 0 bridgehead atoms. The molecular weight excluding hydrogens is 257 g/mol. The molecule has 0 heterocycles. The van der Waals surface area contributed by atoms with E-state index in [-0.39, 0.29) is 17.3 Å². The van der Waals surface area contributed by atoms with E-state index in [4.69, 9.17) is 0 Å². The fraction of sp³-hybridized carbons (Fsp3) is 0.188. The van der Waals surface area contributed by atoms with Gasteiger partial charge >= 0.3 is 0 Å². The molecule has 1 amide bonds. The third kappa shape index (κ3) is 2.64. The third-order valence-corrected chi connectivity index (χ3v) is 3.15. The van der Waals surface area contributed by atoms with E-state index in [2.05, 4.69) is 0 Å². The Bertz CT molecular complexity index is 640. The molecule has 0 saturated heterocycles. The minimum absolute atomic E-state index is 0.135. The number of carbonyl (C=O) groups excluding carboxylic acids is 1. The van der Waals surface area contributed by atoms with Gasteiger partial charge in [0.25, 0.3) is 5.91 Å². The van der Waals surface area contributed by atoms with Crippen LogP contribution in [-0.2, 0) is 0 Å². The normalized spacial score (nSPS) is 10.3. The second kappa shape index (κ2) is 5.74. The molecule has 0 aliphatic carbocycles. The Balaban J connectivity index is 2.39. The van der Waals surface area contributed by atoms with E-state index < -0.39 is 5.82 Å². The number of phenols is 1. The highest BCUT2D eigenvalue weighted by molar-refractivity contribution is 6.06. The fourth-order valence-corrected chi connectivity index (χ4v) is 2.04. The van der Waals surface area contributed by atoms with Crippen molar-refractivity contribution in [3.8, 4) is 5.75 Å². The molecule has 0 aliphatic rings. The van der Waals surface area contributed by atoms with Crippen LogP contribution < -0.4 is 4.90 Å². The zero-order chi connectivity index (χ0) is 14.7. The van der Waals surface area contributed by atoms with Gasteiger partial charge in [-0.2, -0.15) is 0 Å². The average Bonchev–Trinajstić information content (AvgIpc) is 2.44. The molecule has 0 spiro atoms. The van der Waals surface area contributed by atoms with Crippen molar-refractivity contribution < 1.29 is 14.3 Å². The molecule has 0 aromatic heterocycles. The number of nitrogens with zero attached hydrogens (tertiary/aromatic N) is 1. The molecule has 4 heteroatoms. The molecule has 2 aromatic rings. The summed E-state index contributed by atoms with van der Waals surface area (Å²) in [6, 6.07) is 10.8. The first kappa shape index (κ1) is 14.1. The van der Waals surface area contributed by atoms with Crippen molar-refractivity contribution in [2.45, 2.75) is 13.8 Å². The number of rotatable bonds is 3. The summed E-state index contributed by atoms with van der Waals surface area (Å²) < 4.78 is 13.8. The summed E-state index contributed by atoms with van der Waals surface area (Å²) in [5, 5.41) is 9.50. The van der Waals surface area contributed by atoms with Crippen LogP contribution in [0, 0.1) is 12.7 Å². The maximum Gasteiger partial charge on any atom is 0.258 e. The molecule has 0 atom stereocenters. The lowest BCUT2D eigenvalue weighted by molar-refractivity contribution is 0.0987. The van der Waals surface area contributed by atoms with Crippen LogP contribution in [0.1, 0.15) is 22.8 Å². The number of halogens is 1. The molecule has 0 saturated carbocycles. The lowest BCUT2D eigenvalue weighted by Gasteiger charge is -2.21. The first-order valence-electron chi connectivity index (χ1n) is 6.40. The van der Waals surface area contributed by atoms with Gasteiger partial charge in [-0.3, -0.25) is 4.79 Å². The quantitative estimate of drug-likeness (QED) is 0.929. The molecule has 1 N–H and O–H groups in total. The van der Waals surface area contributed by atoms with Crippen LogP contribution >= 0.6 is 0 Å². The Kier molecular flexibility index (Phi) is 4.03. The first-order chi connectivity index (χ1) is 9.54. The number of phenolic OH excluding ortho intramolecular Hbond substituents is 1. The van der Waals surface area contributed by atoms with E-state index in [9.17, 15) is 14.3 Å². The highest BCUT2D eigenvalue weighted by atomic mass is 19.1. The lowest BCUT2D eigenvalue weighted by Crippen LogP contribution is -2.31. The molecule has 0 fully saturated rings.